The summed E-state index contributed by atoms with van der Waals surface area (Å²) in [5.74, 6) is 1.64. The van der Waals surface area contributed by atoms with Crippen LogP contribution < -0.4 is 10.6 Å². The van der Waals surface area contributed by atoms with E-state index in [1.54, 1.807) is 0 Å². The highest BCUT2D eigenvalue weighted by molar-refractivity contribution is 7.09. The molecule has 1 amide bonds. The number of piperazine rings is 1. The van der Waals surface area contributed by atoms with E-state index in [9.17, 15) is 4.79 Å². The Morgan fingerprint density at radius 3 is 2.58 bits per heavy atom. The number of hydrogen-bond acceptors (Lipinski definition) is 4. The van der Waals surface area contributed by atoms with Crippen molar-refractivity contribution in [3.63, 3.8) is 0 Å². The van der Waals surface area contributed by atoms with E-state index in [0.717, 1.165) is 45.1 Å². The average Bonchev–Trinajstić information content (AvgIpc) is 3.09. The highest BCUT2D eigenvalue weighted by Gasteiger charge is 2.21. The summed E-state index contributed by atoms with van der Waals surface area (Å²) in [7, 11) is 1.84. The first kappa shape index (κ1) is 20.7. The second-order valence-corrected chi connectivity index (χ2v) is 8.33. The lowest BCUT2D eigenvalue weighted by molar-refractivity contribution is -0.123. The van der Waals surface area contributed by atoms with Gasteiger partial charge < -0.3 is 15.5 Å². The van der Waals surface area contributed by atoms with E-state index in [1.165, 1.54) is 4.88 Å². The predicted octanol–water partition coefficient (Wildman–Crippen LogP) is 1.64. The van der Waals surface area contributed by atoms with Crippen LogP contribution in [-0.2, 0) is 11.2 Å². The summed E-state index contributed by atoms with van der Waals surface area (Å²) >= 11 is 1.82. The first-order valence-corrected chi connectivity index (χ1v) is 10.4. The summed E-state index contributed by atoms with van der Waals surface area (Å²) in [6, 6.07) is 4.51. The summed E-state index contributed by atoms with van der Waals surface area (Å²) in [6.45, 7) is 11.2. The summed E-state index contributed by atoms with van der Waals surface area (Å²) in [6.07, 6.45) is 1.10. The number of nitrogens with zero attached hydrogens (tertiary/aromatic N) is 3. The quantitative estimate of drug-likeness (QED) is 0.559. The van der Waals surface area contributed by atoms with Crippen molar-refractivity contribution in [1.82, 2.24) is 20.4 Å². The molecule has 0 radical (unpaired) electrons. The Morgan fingerprint density at radius 1 is 1.27 bits per heavy atom. The van der Waals surface area contributed by atoms with E-state index in [0.29, 0.717) is 12.5 Å². The van der Waals surface area contributed by atoms with Crippen LogP contribution in [0.3, 0.4) is 0 Å². The predicted molar refractivity (Wildman–Crippen MR) is 110 cm³/mol. The molecule has 1 aromatic heterocycles. The normalized spacial score (nSPS) is 17.4. The van der Waals surface area contributed by atoms with Crippen molar-refractivity contribution in [3.05, 3.63) is 22.4 Å². The Kier molecular flexibility index (Phi) is 8.38. The minimum atomic E-state index is 0.110. The van der Waals surface area contributed by atoms with E-state index >= 15 is 0 Å². The largest absolute Gasteiger partial charge is 0.356 e. The van der Waals surface area contributed by atoms with Gasteiger partial charge >= 0.3 is 0 Å². The maximum Gasteiger partial charge on any atom is 0.234 e. The average molecular weight is 380 g/mol. The van der Waals surface area contributed by atoms with E-state index in [-0.39, 0.29) is 11.9 Å². The fourth-order valence-electron chi connectivity index (χ4n) is 3.13. The van der Waals surface area contributed by atoms with Gasteiger partial charge in [-0.3, -0.25) is 14.7 Å². The molecule has 0 aliphatic carbocycles. The van der Waals surface area contributed by atoms with E-state index in [4.69, 9.17) is 0 Å². The minimum Gasteiger partial charge on any atom is -0.356 e. The number of nitrogens with one attached hydrogen (secondary N) is 2. The third-order valence-corrected chi connectivity index (χ3v) is 5.34. The Morgan fingerprint density at radius 2 is 2.00 bits per heavy atom. The van der Waals surface area contributed by atoms with Crippen molar-refractivity contribution in [1.29, 1.82) is 0 Å². The van der Waals surface area contributed by atoms with Crippen molar-refractivity contribution in [3.8, 4) is 0 Å². The molecule has 2 N–H and O–H groups in total. The van der Waals surface area contributed by atoms with Crippen LogP contribution in [-0.4, -0.2) is 74.0 Å². The lowest BCUT2D eigenvalue weighted by Gasteiger charge is -2.36. The Balaban J connectivity index is 1.71. The monoisotopic (exact) mass is 379 g/mol. The molecule has 1 aliphatic heterocycles. The summed E-state index contributed by atoms with van der Waals surface area (Å²) < 4.78 is 0. The molecule has 1 saturated heterocycles. The second kappa shape index (κ2) is 10.5. The van der Waals surface area contributed by atoms with Crippen LogP contribution in [0.1, 0.15) is 25.6 Å². The number of rotatable bonds is 7. The first-order valence-electron chi connectivity index (χ1n) is 9.47. The zero-order valence-corrected chi connectivity index (χ0v) is 17.3. The molecule has 6 nitrogen and oxygen atoms in total. The van der Waals surface area contributed by atoms with Crippen LogP contribution in [0.4, 0.5) is 0 Å². The zero-order valence-electron chi connectivity index (χ0n) is 16.5. The molecule has 1 atom stereocenters. The standard InChI is InChI=1S/C19H33N5OS/c1-15(2)22-18(25)14-23-7-9-24(10-8-23)19(20-4)21-13-16(3)12-17-6-5-11-26-17/h5-6,11,15-16H,7-10,12-14H2,1-4H3,(H,20,21)(H,22,25). The number of carbonyl (C=O) groups excluding carboxylic acids is 1. The molecule has 1 unspecified atom stereocenters. The summed E-state index contributed by atoms with van der Waals surface area (Å²) in [5.41, 5.74) is 0. The highest BCUT2D eigenvalue weighted by atomic mass is 32.1. The molecule has 1 aliphatic rings. The molecule has 26 heavy (non-hydrogen) atoms. The minimum absolute atomic E-state index is 0.110. The van der Waals surface area contributed by atoms with Crippen LogP contribution in [0.5, 0.6) is 0 Å². The second-order valence-electron chi connectivity index (χ2n) is 7.30. The van der Waals surface area contributed by atoms with Gasteiger partial charge in [-0.15, -0.1) is 11.3 Å². The molecule has 0 spiro atoms. The number of amides is 1. The van der Waals surface area contributed by atoms with Crippen LogP contribution >= 0.6 is 11.3 Å². The first-order chi connectivity index (χ1) is 12.5. The van der Waals surface area contributed by atoms with Gasteiger partial charge in [0.2, 0.25) is 5.91 Å². The summed E-state index contributed by atoms with van der Waals surface area (Å²) in [5, 5.41) is 8.61. The van der Waals surface area contributed by atoms with E-state index in [2.05, 4.69) is 49.9 Å². The van der Waals surface area contributed by atoms with Gasteiger partial charge in [-0.1, -0.05) is 13.0 Å². The van der Waals surface area contributed by atoms with Crippen LogP contribution in [0, 0.1) is 5.92 Å². The molecular formula is C19H33N5OS. The molecule has 1 fully saturated rings. The summed E-state index contributed by atoms with van der Waals surface area (Å²) in [4.78, 5) is 22.3. The SMILES string of the molecule is CN=C(NCC(C)Cc1cccs1)N1CCN(CC(=O)NC(C)C)CC1. The third kappa shape index (κ3) is 6.96. The van der Waals surface area contributed by atoms with Gasteiger partial charge in [0.15, 0.2) is 5.96 Å². The number of hydrogen-bond donors (Lipinski definition) is 2. The number of aliphatic imine (C=N–C) groups is 1. The number of guanidine groups is 1. The molecule has 146 valence electrons. The van der Waals surface area contributed by atoms with Crippen LogP contribution in [0.25, 0.3) is 0 Å². The molecule has 2 heterocycles. The Bertz CT molecular complexity index is 564. The maximum atomic E-state index is 11.9. The molecule has 0 aromatic carbocycles. The van der Waals surface area contributed by atoms with Crippen molar-refractivity contribution in [2.45, 2.75) is 33.2 Å². The van der Waals surface area contributed by atoms with Crippen molar-refractivity contribution < 1.29 is 4.79 Å². The van der Waals surface area contributed by atoms with Gasteiger partial charge in [0.1, 0.15) is 0 Å². The molecule has 0 bridgehead atoms. The van der Waals surface area contributed by atoms with Crippen molar-refractivity contribution in [2.75, 3.05) is 46.3 Å². The van der Waals surface area contributed by atoms with Gasteiger partial charge in [0, 0.05) is 50.7 Å². The topological polar surface area (TPSA) is 60.0 Å². The van der Waals surface area contributed by atoms with Crippen LogP contribution in [0.2, 0.25) is 0 Å². The fourth-order valence-corrected chi connectivity index (χ4v) is 4.00. The maximum absolute atomic E-state index is 11.9. The van der Waals surface area contributed by atoms with E-state index < -0.39 is 0 Å². The Labute approximate surface area is 161 Å². The molecule has 2 rings (SSSR count). The van der Waals surface area contributed by atoms with Crippen LogP contribution in [0.15, 0.2) is 22.5 Å². The van der Waals surface area contributed by atoms with Gasteiger partial charge in [0.05, 0.1) is 6.54 Å². The molecule has 0 saturated carbocycles. The molecular weight excluding hydrogens is 346 g/mol. The van der Waals surface area contributed by atoms with Gasteiger partial charge in [-0.25, -0.2) is 0 Å². The smallest absolute Gasteiger partial charge is 0.234 e. The highest BCUT2D eigenvalue weighted by Crippen LogP contribution is 2.14. The fraction of sp³-hybridized carbons (Fsp3) is 0.684. The van der Waals surface area contributed by atoms with Crippen molar-refractivity contribution in [2.24, 2.45) is 10.9 Å². The number of thiophene rings is 1. The lowest BCUT2D eigenvalue weighted by Crippen LogP contribution is -2.54. The number of carbonyl (C=O) groups is 1. The lowest BCUT2D eigenvalue weighted by atomic mass is 10.1. The van der Waals surface area contributed by atoms with Gasteiger partial charge in [-0.2, -0.15) is 0 Å². The molecule has 1 aromatic rings. The molecule has 7 heteroatoms. The van der Waals surface area contributed by atoms with Gasteiger partial charge in [-0.05, 0) is 37.6 Å². The van der Waals surface area contributed by atoms with Crippen molar-refractivity contribution >= 4 is 23.2 Å². The van der Waals surface area contributed by atoms with E-state index in [1.807, 2.05) is 32.2 Å². The third-order valence-electron chi connectivity index (χ3n) is 4.44. The zero-order chi connectivity index (χ0) is 18.9. The Hall–Kier alpha value is -1.60. The van der Waals surface area contributed by atoms with Gasteiger partial charge in [0.25, 0.3) is 0 Å².